The van der Waals surface area contributed by atoms with Crippen molar-refractivity contribution >= 4 is 23.2 Å². The first-order valence-electron chi connectivity index (χ1n) is 3.33. The molecule has 11 heavy (non-hydrogen) atoms. The molecule has 0 amide bonds. The highest BCUT2D eigenvalue weighted by atomic mass is 35.5. The molecule has 1 nitrogen and oxygen atoms in total. The molecule has 0 aromatic heterocycles. The molecular formula is C8H11Cl2N. The predicted octanol–water partition coefficient (Wildman–Crippen LogP) is 3.08. The Morgan fingerprint density at radius 1 is 1.73 bits per heavy atom. The van der Waals surface area contributed by atoms with E-state index in [0.717, 1.165) is 5.57 Å². The van der Waals surface area contributed by atoms with Gasteiger partial charge in [-0.05, 0) is 13.8 Å². The number of allylic oxidation sites excluding steroid dienone is 2. The van der Waals surface area contributed by atoms with Crippen LogP contribution in [0.5, 0.6) is 0 Å². The molecule has 1 unspecified atom stereocenters. The SMILES string of the molecule is C/C(=C\CCl)CC(C)(Cl)C#N. The lowest BCUT2D eigenvalue weighted by Crippen LogP contribution is -2.12. The Hall–Kier alpha value is -0.190. The largest absolute Gasteiger partial charge is 0.196 e. The fourth-order valence-corrected chi connectivity index (χ4v) is 1.24. The zero-order valence-corrected chi connectivity index (χ0v) is 8.21. The summed E-state index contributed by atoms with van der Waals surface area (Å²) in [5, 5.41) is 8.57. The summed E-state index contributed by atoms with van der Waals surface area (Å²) in [5.74, 6) is 0.476. The van der Waals surface area contributed by atoms with Crippen molar-refractivity contribution in [2.45, 2.75) is 25.1 Å². The Bertz CT molecular complexity index is 189. The van der Waals surface area contributed by atoms with E-state index in [9.17, 15) is 0 Å². The van der Waals surface area contributed by atoms with Crippen LogP contribution < -0.4 is 0 Å². The smallest absolute Gasteiger partial charge is 0.132 e. The van der Waals surface area contributed by atoms with Crippen molar-refractivity contribution in [3.63, 3.8) is 0 Å². The summed E-state index contributed by atoms with van der Waals surface area (Å²) in [5.41, 5.74) is 1.05. The Balaban J connectivity index is 4.06. The molecule has 0 aliphatic carbocycles. The van der Waals surface area contributed by atoms with Crippen LogP contribution in [0.4, 0.5) is 0 Å². The van der Waals surface area contributed by atoms with E-state index in [-0.39, 0.29) is 0 Å². The fourth-order valence-electron chi connectivity index (χ4n) is 0.767. The highest BCUT2D eigenvalue weighted by molar-refractivity contribution is 6.25. The minimum Gasteiger partial charge on any atom is -0.196 e. The van der Waals surface area contributed by atoms with Gasteiger partial charge in [0, 0.05) is 12.3 Å². The minimum absolute atomic E-state index is 0.476. The van der Waals surface area contributed by atoms with Crippen molar-refractivity contribution in [2.24, 2.45) is 0 Å². The average molecular weight is 192 g/mol. The molecule has 0 bridgehead atoms. The molecule has 0 radical (unpaired) electrons. The van der Waals surface area contributed by atoms with Crippen LogP contribution >= 0.6 is 23.2 Å². The van der Waals surface area contributed by atoms with Gasteiger partial charge in [0.25, 0.3) is 0 Å². The standard InChI is InChI=1S/C8H11Cl2N/c1-7(3-4-9)5-8(2,10)6-11/h3H,4-5H2,1-2H3/b7-3+. The van der Waals surface area contributed by atoms with Crippen LogP contribution in [0.15, 0.2) is 11.6 Å². The van der Waals surface area contributed by atoms with Gasteiger partial charge in [-0.3, -0.25) is 0 Å². The molecule has 0 rings (SSSR count). The van der Waals surface area contributed by atoms with Crippen LogP contribution in [0.1, 0.15) is 20.3 Å². The molecule has 0 aromatic rings. The molecular weight excluding hydrogens is 181 g/mol. The highest BCUT2D eigenvalue weighted by Gasteiger charge is 2.19. The van der Waals surface area contributed by atoms with Crippen LogP contribution in [0, 0.1) is 11.3 Å². The van der Waals surface area contributed by atoms with Gasteiger partial charge in [-0.15, -0.1) is 23.2 Å². The zero-order valence-electron chi connectivity index (χ0n) is 6.69. The Kier molecular flexibility index (Phi) is 4.56. The van der Waals surface area contributed by atoms with E-state index in [1.165, 1.54) is 0 Å². The summed E-state index contributed by atoms with van der Waals surface area (Å²) in [4.78, 5) is -0.785. The maximum absolute atomic E-state index is 8.57. The lowest BCUT2D eigenvalue weighted by atomic mass is 10.0. The molecule has 0 saturated heterocycles. The number of nitrogens with zero attached hydrogens (tertiary/aromatic N) is 1. The van der Waals surface area contributed by atoms with Gasteiger partial charge < -0.3 is 0 Å². The lowest BCUT2D eigenvalue weighted by Gasteiger charge is -2.11. The van der Waals surface area contributed by atoms with Crippen LogP contribution in [0.25, 0.3) is 0 Å². The first kappa shape index (κ1) is 10.8. The van der Waals surface area contributed by atoms with Crippen LogP contribution in [-0.4, -0.2) is 10.8 Å². The number of alkyl halides is 2. The van der Waals surface area contributed by atoms with Gasteiger partial charge in [0.2, 0.25) is 0 Å². The van der Waals surface area contributed by atoms with Gasteiger partial charge in [0.15, 0.2) is 0 Å². The average Bonchev–Trinajstić information content (AvgIpc) is 1.87. The molecule has 0 spiro atoms. The molecule has 0 aliphatic heterocycles. The summed E-state index contributed by atoms with van der Waals surface area (Å²) < 4.78 is 0. The number of hydrogen-bond donors (Lipinski definition) is 0. The van der Waals surface area contributed by atoms with Crippen LogP contribution in [-0.2, 0) is 0 Å². The van der Waals surface area contributed by atoms with E-state index in [4.69, 9.17) is 28.5 Å². The normalized spacial score (nSPS) is 17.2. The Morgan fingerprint density at radius 3 is 2.64 bits per heavy atom. The van der Waals surface area contributed by atoms with Crippen molar-refractivity contribution < 1.29 is 0 Å². The maximum Gasteiger partial charge on any atom is 0.132 e. The number of nitriles is 1. The van der Waals surface area contributed by atoms with Crippen molar-refractivity contribution in [3.05, 3.63) is 11.6 Å². The number of halogens is 2. The molecule has 0 aromatic carbocycles. The van der Waals surface area contributed by atoms with Gasteiger partial charge in [0.05, 0.1) is 6.07 Å². The van der Waals surface area contributed by atoms with Gasteiger partial charge in [0.1, 0.15) is 4.87 Å². The molecule has 0 fully saturated rings. The topological polar surface area (TPSA) is 23.8 Å². The summed E-state index contributed by atoms with van der Waals surface area (Å²) >= 11 is 11.3. The molecule has 3 heteroatoms. The van der Waals surface area contributed by atoms with Gasteiger partial charge >= 0.3 is 0 Å². The number of rotatable bonds is 3. The summed E-state index contributed by atoms with van der Waals surface area (Å²) in [6.07, 6.45) is 2.43. The minimum atomic E-state index is -0.785. The maximum atomic E-state index is 8.57. The molecule has 0 saturated carbocycles. The zero-order chi connectivity index (χ0) is 8.91. The van der Waals surface area contributed by atoms with Crippen LogP contribution in [0.3, 0.4) is 0 Å². The summed E-state index contributed by atoms with van der Waals surface area (Å²) in [6, 6.07) is 2.01. The van der Waals surface area contributed by atoms with E-state index in [0.29, 0.717) is 12.3 Å². The molecule has 0 aliphatic rings. The Morgan fingerprint density at radius 2 is 2.27 bits per heavy atom. The molecule has 62 valence electrons. The molecule has 0 heterocycles. The fraction of sp³-hybridized carbons (Fsp3) is 0.625. The quantitative estimate of drug-likeness (QED) is 0.497. The second-order valence-corrected chi connectivity index (χ2v) is 3.83. The van der Waals surface area contributed by atoms with E-state index in [2.05, 4.69) is 0 Å². The third kappa shape index (κ3) is 5.12. The molecule has 0 N–H and O–H groups in total. The van der Waals surface area contributed by atoms with Crippen molar-refractivity contribution in [3.8, 4) is 6.07 Å². The second-order valence-electron chi connectivity index (χ2n) is 2.69. The second kappa shape index (κ2) is 4.64. The van der Waals surface area contributed by atoms with Gasteiger partial charge in [-0.2, -0.15) is 5.26 Å². The summed E-state index contributed by atoms with van der Waals surface area (Å²) in [6.45, 7) is 3.61. The van der Waals surface area contributed by atoms with E-state index < -0.39 is 4.87 Å². The van der Waals surface area contributed by atoms with E-state index >= 15 is 0 Å². The van der Waals surface area contributed by atoms with E-state index in [1.807, 2.05) is 19.1 Å². The van der Waals surface area contributed by atoms with Crippen molar-refractivity contribution in [1.82, 2.24) is 0 Å². The first-order valence-corrected chi connectivity index (χ1v) is 4.25. The number of hydrogen-bond acceptors (Lipinski definition) is 1. The predicted molar refractivity (Wildman–Crippen MR) is 49.0 cm³/mol. The third-order valence-electron chi connectivity index (χ3n) is 1.27. The van der Waals surface area contributed by atoms with Gasteiger partial charge in [-0.1, -0.05) is 11.6 Å². The van der Waals surface area contributed by atoms with Crippen molar-refractivity contribution in [1.29, 1.82) is 5.26 Å². The monoisotopic (exact) mass is 191 g/mol. The Labute approximate surface area is 77.6 Å². The lowest BCUT2D eigenvalue weighted by molar-refractivity contribution is 0.773. The van der Waals surface area contributed by atoms with Crippen molar-refractivity contribution in [2.75, 3.05) is 5.88 Å². The first-order chi connectivity index (χ1) is 5.02. The van der Waals surface area contributed by atoms with E-state index in [1.54, 1.807) is 6.92 Å². The highest BCUT2D eigenvalue weighted by Crippen LogP contribution is 2.22. The third-order valence-corrected chi connectivity index (χ3v) is 1.64. The van der Waals surface area contributed by atoms with Crippen LogP contribution in [0.2, 0.25) is 0 Å². The molecule has 1 atom stereocenters. The van der Waals surface area contributed by atoms with Gasteiger partial charge in [-0.25, -0.2) is 0 Å². The summed E-state index contributed by atoms with van der Waals surface area (Å²) in [7, 11) is 0.